The van der Waals surface area contributed by atoms with Gasteiger partial charge in [-0.2, -0.15) is 0 Å². The maximum atomic E-state index is 12.6. The van der Waals surface area contributed by atoms with Crippen molar-refractivity contribution in [2.75, 3.05) is 25.6 Å². The molecule has 3 rings (SSSR count). The van der Waals surface area contributed by atoms with Gasteiger partial charge < -0.3 is 19.5 Å². The Kier molecular flexibility index (Phi) is 5.22. The number of anilines is 1. The summed E-state index contributed by atoms with van der Waals surface area (Å²) in [5, 5.41) is 3.48. The highest BCUT2D eigenvalue weighted by Gasteiger charge is 2.39. The molecule has 1 N–H and O–H groups in total. The molecule has 25 heavy (non-hydrogen) atoms. The largest absolute Gasteiger partial charge is 0.481 e. The molecule has 1 fully saturated rings. The molecule has 0 aliphatic carbocycles. The molecule has 1 aliphatic rings. The van der Waals surface area contributed by atoms with E-state index in [0.29, 0.717) is 16.6 Å². The van der Waals surface area contributed by atoms with Gasteiger partial charge in [0.25, 0.3) is 0 Å². The highest BCUT2D eigenvalue weighted by Crippen LogP contribution is 2.33. The smallest absolute Gasteiger partial charge is 0.235 e. The van der Waals surface area contributed by atoms with Crippen molar-refractivity contribution in [3.63, 3.8) is 0 Å². The molecule has 7 heteroatoms. The number of ether oxygens (including phenoxy) is 3. The Morgan fingerprint density at radius 3 is 2.48 bits per heavy atom. The second kappa shape index (κ2) is 7.39. The quantitative estimate of drug-likeness (QED) is 0.902. The maximum Gasteiger partial charge on any atom is 0.235 e. The summed E-state index contributed by atoms with van der Waals surface area (Å²) < 4.78 is 16.5. The first-order valence-corrected chi connectivity index (χ1v) is 8.18. The molecule has 1 aromatic heterocycles. The summed E-state index contributed by atoms with van der Waals surface area (Å²) in [7, 11) is 1.54. The fraction of sp³-hybridized carbons (Fsp3) is 0.333. The molecule has 1 aromatic carbocycles. The SMILES string of the molecule is COc1ccc(NC(=O)C2(C)COC(c3ccc(Cl)cc3)OC2)cn1. The minimum Gasteiger partial charge on any atom is -0.481 e. The van der Waals surface area contributed by atoms with Gasteiger partial charge in [0.05, 0.1) is 37.6 Å². The van der Waals surface area contributed by atoms with Crippen molar-refractivity contribution in [3.8, 4) is 5.88 Å². The fourth-order valence-electron chi connectivity index (χ4n) is 2.41. The van der Waals surface area contributed by atoms with E-state index in [0.717, 1.165) is 5.56 Å². The van der Waals surface area contributed by atoms with Crippen molar-refractivity contribution in [2.24, 2.45) is 5.41 Å². The molecule has 0 saturated carbocycles. The lowest BCUT2D eigenvalue weighted by Gasteiger charge is -2.36. The lowest BCUT2D eigenvalue weighted by Crippen LogP contribution is -2.45. The summed E-state index contributed by atoms with van der Waals surface area (Å²) in [4.78, 5) is 16.7. The number of aromatic nitrogens is 1. The maximum absolute atomic E-state index is 12.6. The van der Waals surface area contributed by atoms with E-state index >= 15 is 0 Å². The summed E-state index contributed by atoms with van der Waals surface area (Å²) in [5.41, 5.74) is 0.668. The molecule has 0 unspecified atom stereocenters. The molecule has 0 bridgehead atoms. The first-order valence-electron chi connectivity index (χ1n) is 7.80. The van der Waals surface area contributed by atoms with E-state index in [4.69, 9.17) is 25.8 Å². The summed E-state index contributed by atoms with van der Waals surface area (Å²) in [6.45, 7) is 2.29. The first-order chi connectivity index (χ1) is 12.0. The normalized spacial score (nSPS) is 23.1. The van der Waals surface area contributed by atoms with Crippen LogP contribution in [0.4, 0.5) is 5.69 Å². The van der Waals surface area contributed by atoms with E-state index in [1.54, 1.807) is 37.4 Å². The van der Waals surface area contributed by atoms with Crippen LogP contribution < -0.4 is 10.1 Å². The summed E-state index contributed by atoms with van der Waals surface area (Å²) in [5.74, 6) is 0.299. The summed E-state index contributed by atoms with van der Waals surface area (Å²) in [6.07, 6.45) is 1.04. The third-order valence-electron chi connectivity index (χ3n) is 4.00. The van der Waals surface area contributed by atoms with Crippen molar-refractivity contribution in [1.82, 2.24) is 4.98 Å². The average Bonchev–Trinajstić information content (AvgIpc) is 2.64. The number of hydrogen-bond acceptors (Lipinski definition) is 5. The van der Waals surface area contributed by atoms with E-state index in [-0.39, 0.29) is 19.1 Å². The van der Waals surface area contributed by atoms with Gasteiger partial charge in [0.15, 0.2) is 6.29 Å². The Balaban J connectivity index is 1.60. The number of benzene rings is 1. The van der Waals surface area contributed by atoms with Crippen molar-refractivity contribution in [2.45, 2.75) is 13.2 Å². The molecular weight excluding hydrogens is 344 g/mol. The van der Waals surface area contributed by atoms with Gasteiger partial charge in [0.2, 0.25) is 11.8 Å². The van der Waals surface area contributed by atoms with Crippen LogP contribution in [0.2, 0.25) is 5.02 Å². The van der Waals surface area contributed by atoms with Gasteiger partial charge in [0.1, 0.15) is 0 Å². The topological polar surface area (TPSA) is 69.7 Å². The summed E-state index contributed by atoms with van der Waals surface area (Å²) >= 11 is 5.89. The number of halogens is 1. The predicted molar refractivity (Wildman–Crippen MR) is 93.6 cm³/mol. The van der Waals surface area contributed by atoms with Gasteiger partial charge in [-0.05, 0) is 25.1 Å². The summed E-state index contributed by atoms with van der Waals surface area (Å²) in [6, 6.07) is 10.7. The Labute approximate surface area is 151 Å². The number of carbonyl (C=O) groups is 1. The van der Waals surface area contributed by atoms with Gasteiger partial charge in [-0.25, -0.2) is 4.98 Å². The van der Waals surface area contributed by atoms with E-state index in [2.05, 4.69) is 10.3 Å². The van der Waals surface area contributed by atoms with Crippen LogP contribution in [-0.2, 0) is 14.3 Å². The van der Waals surface area contributed by atoms with Crippen LogP contribution in [0.25, 0.3) is 0 Å². The first kappa shape index (κ1) is 17.7. The van der Waals surface area contributed by atoms with Gasteiger partial charge in [-0.3, -0.25) is 4.79 Å². The second-order valence-electron chi connectivity index (χ2n) is 6.11. The molecule has 0 spiro atoms. The van der Waals surface area contributed by atoms with E-state index in [9.17, 15) is 4.79 Å². The predicted octanol–water partition coefficient (Wildman–Crippen LogP) is 3.43. The Morgan fingerprint density at radius 1 is 1.24 bits per heavy atom. The fourth-order valence-corrected chi connectivity index (χ4v) is 2.54. The second-order valence-corrected chi connectivity index (χ2v) is 6.55. The lowest BCUT2D eigenvalue weighted by molar-refractivity contribution is -0.226. The molecule has 0 radical (unpaired) electrons. The molecule has 1 saturated heterocycles. The molecule has 1 aliphatic heterocycles. The van der Waals surface area contributed by atoms with Crippen molar-refractivity contribution in [3.05, 3.63) is 53.2 Å². The molecule has 2 aromatic rings. The number of methoxy groups -OCH3 is 1. The number of hydrogen-bond donors (Lipinski definition) is 1. The number of amides is 1. The Hall–Kier alpha value is -2.15. The van der Waals surface area contributed by atoms with E-state index < -0.39 is 11.7 Å². The van der Waals surface area contributed by atoms with E-state index in [1.807, 2.05) is 12.1 Å². The zero-order chi connectivity index (χ0) is 17.9. The van der Waals surface area contributed by atoms with Crippen LogP contribution in [0.15, 0.2) is 42.6 Å². The van der Waals surface area contributed by atoms with Crippen LogP contribution in [0.3, 0.4) is 0 Å². The van der Waals surface area contributed by atoms with Gasteiger partial charge in [-0.15, -0.1) is 0 Å². The highest BCUT2D eigenvalue weighted by molar-refractivity contribution is 6.30. The zero-order valence-electron chi connectivity index (χ0n) is 14.0. The van der Waals surface area contributed by atoms with Crippen LogP contribution in [0.1, 0.15) is 18.8 Å². The minimum atomic E-state index is -0.789. The van der Waals surface area contributed by atoms with Crippen LogP contribution in [0.5, 0.6) is 5.88 Å². The Morgan fingerprint density at radius 2 is 1.92 bits per heavy atom. The van der Waals surface area contributed by atoms with Crippen LogP contribution in [0, 0.1) is 5.41 Å². The van der Waals surface area contributed by atoms with Crippen LogP contribution in [-0.4, -0.2) is 31.2 Å². The Bertz CT molecular complexity index is 726. The van der Waals surface area contributed by atoms with Gasteiger partial charge in [-0.1, -0.05) is 23.7 Å². The number of nitrogens with zero attached hydrogens (tertiary/aromatic N) is 1. The zero-order valence-corrected chi connectivity index (χ0v) is 14.7. The van der Waals surface area contributed by atoms with E-state index in [1.165, 1.54) is 7.11 Å². The van der Waals surface area contributed by atoms with Gasteiger partial charge >= 0.3 is 0 Å². The lowest BCUT2D eigenvalue weighted by atomic mass is 9.90. The third-order valence-corrected chi connectivity index (χ3v) is 4.25. The van der Waals surface area contributed by atoms with Crippen LogP contribution >= 0.6 is 11.6 Å². The van der Waals surface area contributed by atoms with Crippen molar-refractivity contribution in [1.29, 1.82) is 0 Å². The third kappa shape index (κ3) is 4.10. The molecular formula is C18H19ClN2O4. The standard InChI is InChI=1S/C18H19ClN2O4/c1-18(17(22)21-14-7-8-15(23-2)20-9-14)10-24-16(25-11-18)12-3-5-13(19)6-4-12/h3-9,16H,10-11H2,1-2H3,(H,21,22). The molecule has 2 heterocycles. The molecule has 1 amide bonds. The monoisotopic (exact) mass is 362 g/mol. The number of rotatable bonds is 4. The molecule has 0 atom stereocenters. The number of nitrogens with one attached hydrogen (secondary N) is 1. The van der Waals surface area contributed by atoms with Crippen molar-refractivity contribution >= 4 is 23.2 Å². The highest BCUT2D eigenvalue weighted by atomic mass is 35.5. The minimum absolute atomic E-state index is 0.186. The number of pyridine rings is 1. The molecule has 132 valence electrons. The van der Waals surface area contributed by atoms with Gasteiger partial charge in [0, 0.05) is 16.7 Å². The van der Waals surface area contributed by atoms with Crippen molar-refractivity contribution < 1.29 is 19.0 Å². The molecule has 6 nitrogen and oxygen atoms in total. The number of carbonyl (C=O) groups excluding carboxylic acids is 1. The average molecular weight is 363 g/mol.